The van der Waals surface area contributed by atoms with E-state index in [0.717, 1.165) is 28.7 Å². The Bertz CT molecular complexity index is 1350. The monoisotopic (exact) mass is 475 g/mol. The van der Waals surface area contributed by atoms with Gasteiger partial charge in [-0.2, -0.15) is 0 Å². The van der Waals surface area contributed by atoms with Crippen LogP contribution in [-0.4, -0.2) is 23.1 Å². The van der Waals surface area contributed by atoms with Crippen molar-refractivity contribution in [3.8, 4) is 5.75 Å². The number of para-hydroxylation sites is 1. The van der Waals surface area contributed by atoms with Gasteiger partial charge in [-0.05, 0) is 35.9 Å². The number of aromatic nitrogens is 1. The fourth-order valence-electron chi connectivity index (χ4n) is 3.94. The maximum atomic E-state index is 12.7. The van der Waals surface area contributed by atoms with Crippen LogP contribution in [0.25, 0.3) is 17.0 Å². The Morgan fingerprint density at radius 3 is 2.73 bits per heavy atom. The van der Waals surface area contributed by atoms with E-state index >= 15 is 0 Å². The van der Waals surface area contributed by atoms with Gasteiger partial charge in [0.1, 0.15) is 5.75 Å². The van der Waals surface area contributed by atoms with E-state index in [2.05, 4.69) is 45.7 Å². The van der Waals surface area contributed by atoms with Crippen molar-refractivity contribution in [3.63, 3.8) is 0 Å². The van der Waals surface area contributed by atoms with Gasteiger partial charge < -0.3 is 19.9 Å². The van der Waals surface area contributed by atoms with Crippen molar-refractivity contribution in [3.05, 3.63) is 100 Å². The third-order valence-electron chi connectivity index (χ3n) is 5.48. The quantitative estimate of drug-likeness (QED) is 0.338. The minimum atomic E-state index is -0.325. The molecule has 0 radical (unpaired) electrons. The number of hydrogen-bond donors (Lipinski definition) is 2. The zero-order valence-corrected chi connectivity index (χ0v) is 19.5. The summed E-state index contributed by atoms with van der Waals surface area (Å²) in [6, 6.07) is 24.0. The Hall–Kier alpha value is -3.35. The highest BCUT2D eigenvalue weighted by Crippen LogP contribution is 2.35. The van der Waals surface area contributed by atoms with E-state index in [1.54, 1.807) is 25.3 Å². The Morgan fingerprint density at radius 1 is 1.12 bits per heavy atom. The number of carbonyl (C=O) groups excluding carboxylic acids is 1. The number of amides is 1. The van der Waals surface area contributed by atoms with Crippen LogP contribution in [0.1, 0.15) is 11.1 Å². The highest BCUT2D eigenvalue weighted by atomic mass is 35.5. The smallest absolute Gasteiger partial charge is 0.260 e. The first-order chi connectivity index (χ1) is 16.1. The van der Waals surface area contributed by atoms with Crippen LogP contribution in [0.4, 0.5) is 5.69 Å². The zero-order chi connectivity index (χ0) is 22.8. The number of benzene rings is 3. The van der Waals surface area contributed by atoms with E-state index < -0.39 is 0 Å². The van der Waals surface area contributed by atoms with E-state index in [1.165, 1.54) is 17.3 Å². The molecule has 1 fully saturated rings. The van der Waals surface area contributed by atoms with E-state index in [4.69, 9.17) is 16.3 Å². The molecular weight excluding hydrogens is 454 g/mol. The van der Waals surface area contributed by atoms with Crippen molar-refractivity contribution in [2.24, 2.45) is 0 Å². The summed E-state index contributed by atoms with van der Waals surface area (Å²) in [5, 5.41) is 7.98. The number of carbonyl (C=O) groups is 1. The molecule has 166 valence electrons. The number of nitrogens with zero attached hydrogens (tertiary/aromatic N) is 1. The molecule has 1 atom stereocenters. The first-order valence-corrected chi connectivity index (χ1v) is 11.8. The summed E-state index contributed by atoms with van der Waals surface area (Å²) in [5.41, 5.74) is 3.78. The van der Waals surface area contributed by atoms with Crippen LogP contribution < -0.4 is 15.4 Å². The number of halogens is 1. The van der Waals surface area contributed by atoms with Crippen LogP contribution in [0.15, 0.2) is 83.9 Å². The van der Waals surface area contributed by atoms with Gasteiger partial charge in [-0.1, -0.05) is 71.9 Å². The molecule has 4 aromatic rings. The van der Waals surface area contributed by atoms with Gasteiger partial charge in [0, 0.05) is 34.2 Å². The maximum absolute atomic E-state index is 12.7. The highest BCUT2D eigenvalue weighted by Gasteiger charge is 2.28. The molecule has 1 aliphatic rings. The van der Waals surface area contributed by atoms with Gasteiger partial charge >= 0.3 is 0 Å². The molecule has 7 heteroatoms. The number of fused-ring (bicyclic) bond motifs is 1. The lowest BCUT2D eigenvalue weighted by atomic mass is 10.1. The van der Waals surface area contributed by atoms with E-state index in [1.807, 2.05) is 36.4 Å². The van der Waals surface area contributed by atoms with Crippen molar-refractivity contribution >= 4 is 51.9 Å². The second-order valence-corrected chi connectivity index (χ2v) is 9.27. The predicted molar refractivity (Wildman–Crippen MR) is 137 cm³/mol. The molecule has 0 saturated carbocycles. The molecule has 5 nitrogen and oxygen atoms in total. The largest absolute Gasteiger partial charge is 0.495 e. The van der Waals surface area contributed by atoms with Gasteiger partial charge in [-0.15, -0.1) is 0 Å². The topological polar surface area (TPSA) is 55.3 Å². The van der Waals surface area contributed by atoms with E-state index in [9.17, 15) is 4.79 Å². The first kappa shape index (κ1) is 21.5. The summed E-state index contributed by atoms with van der Waals surface area (Å²) >= 11 is 7.57. The summed E-state index contributed by atoms with van der Waals surface area (Å²) in [4.78, 5) is 13.4. The third kappa shape index (κ3) is 4.58. The van der Waals surface area contributed by atoms with Crippen LogP contribution in [-0.2, 0) is 11.3 Å². The Labute approximate surface area is 201 Å². The molecule has 33 heavy (non-hydrogen) atoms. The van der Waals surface area contributed by atoms with Crippen molar-refractivity contribution in [1.29, 1.82) is 0 Å². The molecule has 1 aromatic heterocycles. The number of ether oxygens (including phenoxy) is 1. The van der Waals surface area contributed by atoms with Crippen LogP contribution >= 0.6 is 23.4 Å². The Balaban J connectivity index is 1.42. The molecule has 2 N–H and O–H groups in total. The van der Waals surface area contributed by atoms with Crippen molar-refractivity contribution in [2.45, 2.75) is 12.0 Å². The number of nitrogens with one attached hydrogen (secondary N) is 2. The van der Waals surface area contributed by atoms with E-state index in [-0.39, 0.29) is 11.4 Å². The number of rotatable bonds is 6. The summed E-state index contributed by atoms with van der Waals surface area (Å²) < 4.78 is 7.62. The van der Waals surface area contributed by atoms with Crippen LogP contribution in [0.5, 0.6) is 5.75 Å². The summed E-state index contributed by atoms with van der Waals surface area (Å²) in [5.74, 6) is 0.550. The fourth-order valence-corrected chi connectivity index (χ4v) is 5.08. The lowest BCUT2D eigenvalue weighted by Crippen LogP contribution is -2.31. The summed E-state index contributed by atoms with van der Waals surface area (Å²) in [7, 11) is 1.60. The lowest BCUT2D eigenvalue weighted by molar-refractivity contribution is -0.116. The number of anilines is 1. The number of methoxy groups -OCH3 is 1. The second kappa shape index (κ2) is 9.25. The summed E-state index contributed by atoms with van der Waals surface area (Å²) in [6.45, 7) is 0.766. The average molecular weight is 476 g/mol. The molecule has 3 aromatic carbocycles. The number of thioether (sulfide) groups is 1. The van der Waals surface area contributed by atoms with Gasteiger partial charge in [0.15, 0.2) is 5.50 Å². The van der Waals surface area contributed by atoms with Crippen LogP contribution in [0, 0.1) is 0 Å². The minimum Gasteiger partial charge on any atom is -0.495 e. The summed E-state index contributed by atoms with van der Waals surface area (Å²) in [6.07, 6.45) is 4.07. The van der Waals surface area contributed by atoms with E-state index in [0.29, 0.717) is 15.7 Å². The van der Waals surface area contributed by atoms with Gasteiger partial charge in [-0.25, -0.2) is 0 Å². The maximum Gasteiger partial charge on any atom is 0.260 e. The third-order valence-corrected chi connectivity index (χ3v) is 6.74. The van der Waals surface area contributed by atoms with Crippen molar-refractivity contribution < 1.29 is 9.53 Å². The zero-order valence-electron chi connectivity index (χ0n) is 17.9. The Kier molecular flexibility index (Phi) is 6.03. The van der Waals surface area contributed by atoms with Crippen LogP contribution in [0.2, 0.25) is 5.02 Å². The molecule has 2 heterocycles. The molecular formula is C26H22ClN3O2S. The molecule has 1 saturated heterocycles. The van der Waals surface area contributed by atoms with Crippen LogP contribution in [0.3, 0.4) is 0 Å². The molecule has 0 spiro atoms. The van der Waals surface area contributed by atoms with Gasteiger partial charge in [0.2, 0.25) is 0 Å². The average Bonchev–Trinajstić information content (AvgIpc) is 3.34. The van der Waals surface area contributed by atoms with Crippen molar-refractivity contribution in [2.75, 3.05) is 12.4 Å². The first-order valence-electron chi connectivity index (χ1n) is 10.5. The molecule has 0 bridgehead atoms. The Morgan fingerprint density at radius 2 is 1.91 bits per heavy atom. The SMILES string of the molecule is COc1ccc(Cl)cc1NC1NC(=O)/C(=C/c2cn(Cc3ccccc3)c3ccccc23)S1. The second-order valence-electron chi connectivity index (χ2n) is 7.68. The molecule has 1 amide bonds. The molecule has 1 unspecified atom stereocenters. The van der Waals surface area contributed by atoms with Gasteiger partial charge in [0.25, 0.3) is 5.91 Å². The molecule has 5 rings (SSSR count). The standard InChI is InChI=1S/C26H22ClN3O2S/c1-32-23-12-11-19(27)14-21(23)28-26-29-25(31)24(33-26)13-18-16-30(15-17-7-3-2-4-8-17)22-10-6-5-9-20(18)22/h2-14,16,26,28H,15H2,1H3,(H,29,31)/b24-13-. The highest BCUT2D eigenvalue weighted by molar-refractivity contribution is 8.05. The number of hydrogen-bond acceptors (Lipinski definition) is 4. The van der Waals surface area contributed by atoms with Crippen molar-refractivity contribution in [1.82, 2.24) is 9.88 Å². The lowest BCUT2D eigenvalue weighted by Gasteiger charge is -2.15. The normalized spacial score (nSPS) is 16.8. The predicted octanol–water partition coefficient (Wildman–Crippen LogP) is 5.95. The van der Waals surface area contributed by atoms with Gasteiger partial charge in [0.05, 0.1) is 17.7 Å². The minimum absolute atomic E-state index is 0.113. The fraction of sp³-hybridized carbons (Fsp3) is 0.115. The molecule has 0 aliphatic carbocycles. The van der Waals surface area contributed by atoms with Gasteiger partial charge in [-0.3, -0.25) is 4.79 Å². The molecule has 1 aliphatic heterocycles.